The van der Waals surface area contributed by atoms with Crippen LogP contribution in [0.15, 0.2) is 18.3 Å². The van der Waals surface area contributed by atoms with E-state index in [1.165, 1.54) is 6.42 Å². The van der Waals surface area contributed by atoms with Gasteiger partial charge in [0.1, 0.15) is 17.5 Å². The van der Waals surface area contributed by atoms with Crippen LogP contribution in [0, 0.1) is 0 Å². The normalized spacial score (nSPS) is 18.1. The molecule has 0 bridgehead atoms. The van der Waals surface area contributed by atoms with E-state index in [2.05, 4.69) is 10.3 Å². The summed E-state index contributed by atoms with van der Waals surface area (Å²) in [7, 11) is 0. The van der Waals surface area contributed by atoms with E-state index in [9.17, 15) is 0 Å². The lowest BCUT2D eigenvalue weighted by molar-refractivity contribution is 0.217. The van der Waals surface area contributed by atoms with Crippen molar-refractivity contribution in [3.05, 3.63) is 23.5 Å². The molecule has 2 heterocycles. The molecule has 0 aliphatic carbocycles. The maximum atomic E-state index is 5.63. The number of hydrogen-bond donors (Lipinski definition) is 1. The molecule has 1 aliphatic heterocycles. The lowest BCUT2D eigenvalue weighted by Gasteiger charge is -2.27. The molecule has 0 saturated carbocycles. The van der Waals surface area contributed by atoms with Gasteiger partial charge in [-0.25, -0.2) is 4.98 Å². The molecule has 0 aromatic carbocycles. The van der Waals surface area contributed by atoms with E-state index >= 15 is 0 Å². The Bertz CT molecular complexity index is 277. The van der Waals surface area contributed by atoms with Gasteiger partial charge in [0.2, 0.25) is 0 Å². The van der Waals surface area contributed by atoms with Crippen molar-refractivity contribution < 1.29 is 4.74 Å². The molecule has 1 aromatic rings. The fourth-order valence-corrected chi connectivity index (χ4v) is 1.25. The Morgan fingerprint density at radius 2 is 2.20 bits per heavy atom. The van der Waals surface area contributed by atoms with Crippen LogP contribution in [0.2, 0.25) is 5.15 Å². The van der Waals surface area contributed by atoms with E-state index in [1.54, 1.807) is 12.3 Å². The first-order valence-corrected chi connectivity index (χ1v) is 4.70. The zero-order chi connectivity index (χ0) is 9.10. The highest BCUT2D eigenvalue weighted by Gasteiger charge is 2.16. The number of halogens is 3. The van der Waals surface area contributed by atoms with Gasteiger partial charge in [-0.2, -0.15) is 0 Å². The van der Waals surface area contributed by atoms with Gasteiger partial charge in [-0.05, 0) is 25.1 Å². The van der Waals surface area contributed by atoms with Crippen LogP contribution < -0.4 is 10.1 Å². The van der Waals surface area contributed by atoms with E-state index < -0.39 is 0 Å². The molecule has 86 valence electrons. The van der Waals surface area contributed by atoms with E-state index in [-0.39, 0.29) is 24.8 Å². The minimum absolute atomic E-state index is 0. The predicted molar refractivity (Wildman–Crippen MR) is 65.6 cm³/mol. The van der Waals surface area contributed by atoms with E-state index in [0.29, 0.717) is 17.8 Å². The van der Waals surface area contributed by atoms with Crippen molar-refractivity contribution in [2.45, 2.75) is 12.5 Å². The van der Waals surface area contributed by atoms with Crippen molar-refractivity contribution in [2.24, 2.45) is 0 Å². The van der Waals surface area contributed by atoms with Crippen molar-refractivity contribution >= 4 is 36.4 Å². The lowest BCUT2D eigenvalue weighted by atomic mass is 10.1. The molecule has 3 nitrogen and oxygen atoms in total. The third-order valence-corrected chi connectivity index (χ3v) is 2.30. The van der Waals surface area contributed by atoms with Gasteiger partial charge >= 0.3 is 0 Å². The molecule has 15 heavy (non-hydrogen) atoms. The number of nitrogens with one attached hydrogen (secondary N) is 1. The van der Waals surface area contributed by atoms with Crippen molar-refractivity contribution in [3.8, 4) is 5.75 Å². The van der Waals surface area contributed by atoms with Crippen molar-refractivity contribution in [3.63, 3.8) is 0 Å². The molecule has 1 atom stereocenters. The van der Waals surface area contributed by atoms with Crippen LogP contribution in [-0.2, 0) is 0 Å². The Hall–Kier alpha value is -0.220. The van der Waals surface area contributed by atoms with Gasteiger partial charge < -0.3 is 10.1 Å². The van der Waals surface area contributed by atoms with E-state index in [4.69, 9.17) is 16.3 Å². The summed E-state index contributed by atoms with van der Waals surface area (Å²) in [6.45, 7) is 1.82. The van der Waals surface area contributed by atoms with Crippen LogP contribution in [-0.4, -0.2) is 24.2 Å². The minimum atomic E-state index is 0. The molecule has 2 rings (SSSR count). The second-order valence-corrected chi connectivity index (χ2v) is 3.45. The second-order valence-electron chi connectivity index (χ2n) is 3.07. The maximum Gasteiger partial charge on any atom is 0.137 e. The molecule has 1 aliphatic rings. The summed E-state index contributed by atoms with van der Waals surface area (Å²) in [6, 6.07) is 4.06. The predicted octanol–water partition coefficient (Wildman–Crippen LogP) is 2.32. The Morgan fingerprint density at radius 1 is 1.47 bits per heavy atom. The molecule has 0 radical (unpaired) electrons. The molecule has 1 N–H and O–H groups in total. The number of pyridine rings is 1. The zero-order valence-corrected chi connectivity index (χ0v) is 10.4. The zero-order valence-electron chi connectivity index (χ0n) is 7.98. The average Bonchev–Trinajstić information content (AvgIpc) is 2.05. The third kappa shape index (κ3) is 4.43. The van der Waals surface area contributed by atoms with E-state index in [0.717, 1.165) is 12.3 Å². The quantitative estimate of drug-likeness (QED) is 0.857. The molecule has 1 saturated heterocycles. The Labute approximate surface area is 106 Å². The van der Waals surface area contributed by atoms with Crippen molar-refractivity contribution in [1.82, 2.24) is 10.3 Å². The molecule has 1 aromatic heterocycles. The number of rotatable bonds is 3. The van der Waals surface area contributed by atoms with E-state index in [1.807, 2.05) is 6.07 Å². The van der Waals surface area contributed by atoms with Crippen molar-refractivity contribution in [2.75, 3.05) is 13.2 Å². The first-order valence-electron chi connectivity index (χ1n) is 4.32. The second kappa shape index (κ2) is 7.12. The summed E-state index contributed by atoms with van der Waals surface area (Å²) in [5.74, 6) is 0.776. The van der Waals surface area contributed by atoms with Gasteiger partial charge in [0.25, 0.3) is 0 Å². The number of nitrogens with zero attached hydrogens (tertiary/aromatic N) is 1. The summed E-state index contributed by atoms with van der Waals surface area (Å²) < 4.78 is 5.48. The molecule has 6 heteroatoms. The Kier molecular flexibility index (Phi) is 7.02. The van der Waals surface area contributed by atoms with Gasteiger partial charge in [0.15, 0.2) is 0 Å². The first-order chi connectivity index (χ1) is 6.34. The summed E-state index contributed by atoms with van der Waals surface area (Å²) in [4.78, 5) is 3.92. The van der Waals surface area contributed by atoms with Gasteiger partial charge in [-0.3, -0.25) is 0 Å². The summed E-state index contributed by atoms with van der Waals surface area (Å²) in [5.41, 5.74) is 0. The SMILES string of the molecule is Cl.Cl.Clc1ccc(OCC2CCN2)cn1. The number of aromatic nitrogens is 1. The van der Waals surface area contributed by atoms with Gasteiger partial charge in [0.05, 0.1) is 6.20 Å². The summed E-state index contributed by atoms with van der Waals surface area (Å²) in [6.07, 6.45) is 2.84. The maximum absolute atomic E-state index is 5.63. The number of hydrogen-bond acceptors (Lipinski definition) is 3. The monoisotopic (exact) mass is 270 g/mol. The van der Waals surface area contributed by atoms with Gasteiger partial charge in [-0.1, -0.05) is 11.6 Å². The fraction of sp³-hybridized carbons (Fsp3) is 0.444. The number of ether oxygens (including phenoxy) is 1. The molecule has 1 unspecified atom stereocenters. The highest BCUT2D eigenvalue weighted by atomic mass is 35.5. The Morgan fingerprint density at radius 3 is 2.67 bits per heavy atom. The minimum Gasteiger partial charge on any atom is -0.490 e. The van der Waals surface area contributed by atoms with Crippen LogP contribution in [0.25, 0.3) is 0 Å². The first kappa shape index (κ1) is 14.8. The average molecular weight is 272 g/mol. The van der Waals surface area contributed by atoms with Crippen LogP contribution in [0.5, 0.6) is 5.75 Å². The van der Waals surface area contributed by atoms with Gasteiger partial charge in [0, 0.05) is 6.04 Å². The van der Waals surface area contributed by atoms with Crippen LogP contribution >= 0.6 is 36.4 Å². The largest absolute Gasteiger partial charge is 0.490 e. The smallest absolute Gasteiger partial charge is 0.137 e. The molecule has 0 amide bonds. The van der Waals surface area contributed by atoms with Crippen LogP contribution in [0.3, 0.4) is 0 Å². The van der Waals surface area contributed by atoms with Gasteiger partial charge in [-0.15, -0.1) is 24.8 Å². The highest BCUT2D eigenvalue weighted by molar-refractivity contribution is 6.29. The van der Waals surface area contributed by atoms with Crippen LogP contribution in [0.1, 0.15) is 6.42 Å². The third-order valence-electron chi connectivity index (χ3n) is 2.08. The summed E-state index contributed by atoms with van der Waals surface area (Å²) in [5, 5.41) is 3.75. The molecular weight excluding hydrogens is 258 g/mol. The molecule has 1 fully saturated rings. The highest BCUT2D eigenvalue weighted by Crippen LogP contribution is 2.13. The molecule has 0 spiro atoms. The Balaban J connectivity index is 0.000000980. The molecular formula is C9H13Cl3N2O. The standard InChI is InChI=1S/C9H11ClN2O.2ClH/c10-9-2-1-8(5-12-9)13-6-7-3-4-11-7;;/h1-2,5,7,11H,3-4,6H2;2*1H. The lowest BCUT2D eigenvalue weighted by Crippen LogP contribution is -2.46. The fourth-order valence-electron chi connectivity index (χ4n) is 1.14. The topological polar surface area (TPSA) is 34.1 Å². The summed E-state index contributed by atoms with van der Waals surface area (Å²) >= 11 is 5.63. The van der Waals surface area contributed by atoms with Crippen LogP contribution in [0.4, 0.5) is 0 Å². The van der Waals surface area contributed by atoms with Crippen molar-refractivity contribution in [1.29, 1.82) is 0 Å².